The second-order valence-electron chi connectivity index (χ2n) is 4.24. The van der Waals surface area contributed by atoms with Crippen molar-refractivity contribution < 1.29 is 9.53 Å². The van der Waals surface area contributed by atoms with Crippen LogP contribution in [0.1, 0.15) is 6.92 Å². The lowest BCUT2D eigenvalue weighted by atomic mass is 10.1. The number of nitrogens with zero attached hydrogens (tertiary/aromatic N) is 3. The number of aromatic nitrogens is 3. The number of anilines is 1. The lowest BCUT2D eigenvalue weighted by Gasteiger charge is -2.12. The molecule has 0 bridgehead atoms. The van der Waals surface area contributed by atoms with Gasteiger partial charge in [0, 0.05) is 5.69 Å². The van der Waals surface area contributed by atoms with E-state index in [4.69, 9.17) is 4.74 Å². The van der Waals surface area contributed by atoms with Crippen LogP contribution in [-0.2, 0) is 11.3 Å². The van der Waals surface area contributed by atoms with Gasteiger partial charge in [-0.25, -0.2) is 4.98 Å². The average molecular weight is 260 g/mol. The molecule has 0 aliphatic carbocycles. The smallest absolute Gasteiger partial charge is 0.229 e. The molecule has 2 rings (SSSR count). The molecule has 1 amide bonds. The SMILES string of the molecule is COc1ccc(NC(=O)C(C)Cn2cncn2)cc1. The van der Waals surface area contributed by atoms with E-state index in [1.54, 1.807) is 42.4 Å². The average Bonchev–Trinajstić information content (AvgIpc) is 2.92. The fraction of sp³-hybridized carbons (Fsp3) is 0.308. The minimum Gasteiger partial charge on any atom is -0.497 e. The molecule has 0 spiro atoms. The highest BCUT2D eigenvalue weighted by Gasteiger charge is 2.14. The second-order valence-corrected chi connectivity index (χ2v) is 4.24. The Morgan fingerprint density at radius 3 is 2.74 bits per heavy atom. The molecule has 1 unspecified atom stereocenters. The largest absolute Gasteiger partial charge is 0.497 e. The molecule has 0 aliphatic rings. The Labute approximate surface area is 111 Å². The summed E-state index contributed by atoms with van der Waals surface area (Å²) < 4.78 is 6.70. The Kier molecular flexibility index (Phi) is 4.12. The number of carbonyl (C=O) groups is 1. The monoisotopic (exact) mass is 260 g/mol. The Morgan fingerprint density at radius 2 is 2.16 bits per heavy atom. The van der Waals surface area contributed by atoms with Gasteiger partial charge in [0.05, 0.1) is 19.6 Å². The highest BCUT2D eigenvalue weighted by Crippen LogP contribution is 2.15. The topological polar surface area (TPSA) is 69.0 Å². The summed E-state index contributed by atoms with van der Waals surface area (Å²) in [6.07, 6.45) is 3.05. The van der Waals surface area contributed by atoms with Crippen LogP contribution in [0.25, 0.3) is 0 Å². The van der Waals surface area contributed by atoms with Crippen molar-refractivity contribution in [3.05, 3.63) is 36.9 Å². The van der Waals surface area contributed by atoms with E-state index in [9.17, 15) is 4.79 Å². The van der Waals surface area contributed by atoms with Crippen LogP contribution >= 0.6 is 0 Å². The third kappa shape index (κ3) is 3.54. The molecule has 2 aromatic rings. The third-order valence-electron chi connectivity index (χ3n) is 2.73. The molecule has 1 heterocycles. The van der Waals surface area contributed by atoms with Crippen molar-refractivity contribution in [3.63, 3.8) is 0 Å². The zero-order valence-electron chi connectivity index (χ0n) is 10.9. The van der Waals surface area contributed by atoms with Gasteiger partial charge in [0.25, 0.3) is 0 Å². The molecule has 0 aliphatic heterocycles. The maximum Gasteiger partial charge on any atom is 0.229 e. The summed E-state index contributed by atoms with van der Waals surface area (Å²) in [7, 11) is 1.60. The standard InChI is InChI=1S/C13H16N4O2/c1-10(7-17-9-14-8-15-17)13(18)16-11-3-5-12(19-2)6-4-11/h3-6,8-10H,7H2,1-2H3,(H,16,18). The van der Waals surface area contributed by atoms with E-state index < -0.39 is 0 Å². The summed E-state index contributed by atoms with van der Waals surface area (Å²) in [5, 5.41) is 6.83. The first-order chi connectivity index (χ1) is 9.19. The Bertz CT molecular complexity index is 522. The van der Waals surface area contributed by atoms with Crippen molar-refractivity contribution in [2.24, 2.45) is 5.92 Å². The maximum absolute atomic E-state index is 12.0. The summed E-state index contributed by atoms with van der Waals surface area (Å²) in [6.45, 7) is 2.35. The number of nitrogens with one attached hydrogen (secondary N) is 1. The molecular weight excluding hydrogens is 244 g/mol. The van der Waals surface area contributed by atoms with Gasteiger partial charge in [0.2, 0.25) is 5.91 Å². The highest BCUT2D eigenvalue weighted by atomic mass is 16.5. The van der Waals surface area contributed by atoms with Crippen LogP contribution in [0, 0.1) is 5.92 Å². The summed E-state index contributed by atoms with van der Waals surface area (Å²) in [5.41, 5.74) is 0.747. The molecule has 1 aromatic carbocycles. The van der Waals surface area contributed by atoms with Crippen molar-refractivity contribution in [2.45, 2.75) is 13.5 Å². The van der Waals surface area contributed by atoms with Gasteiger partial charge in [-0.2, -0.15) is 5.10 Å². The Hall–Kier alpha value is -2.37. The van der Waals surface area contributed by atoms with Crippen LogP contribution in [0.15, 0.2) is 36.9 Å². The van der Waals surface area contributed by atoms with Crippen LogP contribution in [0.3, 0.4) is 0 Å². The number of rotatable bonds is 5. The fourth-order valence-corrected chi connectivity index (χ4v) is 1.63. The summed E-state index contributed by atoms with van der Waals surface area (Å²) >= 11 is 0. The van der Waals surface area contributed by atoms with Gasteiger partial charge in [0.15, 0.2) is 0 Å². The summed E-state index contributed by atoms with van der Waals surface area (Å²) in [5.74, 6) is 0.512. The molecule has 0 saturated carbocycles. The van der Waals surface area contributed by atoms with Gasteiger partial charge in [-0.15, -0.1) is 0 Å². The molecular formula is C13H16N4O2. The van der Waals surface area contributed by atoms with Gasteiger partial charge in [-0.1, -0.05) is 6.92 Å². The zero-order valence-corrected chi connectivity index (χ0v) is 10.9. The first-order valence-corrected chi connectivity index (χ1v) is 5.96. The molecule has 1 atom stereocenters. The van der Waals surface area contributed by atoms with Crippen LogP contribution in [0.5, 0.6) is 5.75 Å². The van der Waals surface area contributed by atoms with Crippen molar-refractivity contribution in [1.82, 2.24) is 14.8 Å². The molecule has 0 saturated heterocycles. The molecule has 0 fully saturated rings. The molecule has 0 radical (unpaired) electrons. The quantitative estimate of drug-likeness (QED) is 0.885. The molecule has 19 heavy (non-hydrogen) atoms. The van der Waals surface area contributed by atoms with E-state index in [0.29, 0.717) is 6.54 Å². The van der Waals surface area contributed by atoms with Crippen LogP contribution in [-0.4, -0.2) is 27.8 Å². The second kappa shape index (κ2) is 5.99. The lowest BCUT2D eigenvalue weighted by Crippen LogP contribution is -2.24. The van der Waals surface area contributed by atoms with Gasteiger partial charge in [-0.05, 0) is 24.3 Å². The van der Waals surface area contributed by atoms with E-state index in [1.807, 2.05) is 6.92 Å². The van der Waals surface area contributed by atoms with Crippen LogP contribution < -0.4 is 10.1 Å². The Morgan fingerprint density at radius 1 is 1.42 bits per heavy atom. The molecule has 6 nitrogen and oxygen atoms in total. The lowest BCUT2D eigenvalue weighted by molar-refractivity contribution is -0.119. The first-order valence-electron chi connectivity index (χ1n) is 5.96. The van der Waals surface area contributed by atoms with E-state index >= 15 is 0 Å². The third-order valence-corrected chi connectivity index (χ3v) is 2.73. The molecule has 1 N–H and O–H groups in total. The summed E-state index contributed by atoms with van der Waals surface area (Å²) in [4.78, 5) is 15.8. The minimum absolute atomic E-state index is 0.0549. The zero-order chi connectivity index (χ0) is 13.7. The molecule has 1 aromatic heterocycles. The number of ether oxygens (including phenoxy) is 1. The number of methoxy groups -OCH3 is 1. The predicted octanol–water partition coefficient (Wildman–Crippen LogP) is 1.56. The van der Waals surface area contributed by atoms with Gasteiger partial charge in [-0.3, -0.25) is 9.48 Å². The van der Waals surface area contributed by atoms with E-state index in [2.05, 4.69) is 15.4 Å². The summed E-state index contributed by atoms with van der Waals surface area (Å²) in [6, 6.07) is 7.22. The Balaban J connectivity index is 1.92. The molecule has 6 heteroatoms. The van der Waals surface area contributed by atoms with Crippen LogP contribution in [0.2, 0.25) is 0 Å². The van der Waals surface area contributed by atoms with Gasteiger partial charge in [0.1, 0.15) is 18.4 Å². The van der Waals surface area contributed by atoms with Crippen LogP contribution in [0.4, 0.5) is 5.69 Å². The van der Waals surface area contributed by atoms with Gasteiger partial charge < -0.3 is 10.1 Å². The fourth-order valence-electron chi connectivity index (χ4n) is 1.63. The van der Waals surface area contributed by atoms with Crippen molar-refractivity contribution >= 4 is 11.6 Å². The van der Waals surface area contributed by atoms with E-state index in [0.717, 1.165) is 11.4 Å². The highest BCUT2D eigenvalue weighted by molar-refractivity contribution is 5.92. The minimum atomic E-state index is -0.191. The van der Waals surface area contributed by atoms with Gasteiger partial charge >= 0.3 is 0 Å². The number of hydrogen-bond acceptors (Lipinski definition) is 4. The number of amides is 1. The predicted molar refractivity (Wildman–Crippen MR) is 70.8 cm³/mol. The molecule has 100 valence electrons. The van der Waals surface area contributed by atoms with Crippen molar-refractivity contribution in [3.8, 4) is 5.75 Å². The first kappa shape index (κ1) is 13.1. The van der Waals surface area contributed by atoms with Crippen molar-refractivity contribution in [2.75, 3.05) is 12.4 Å². The number of carbonyl (C=O) groups excluding carboxylic acids is 1. The maximum atomic E-state index is 12.0. The van der Waals surface area contributed by atoms with Crippen molar-refractivity contribution in [1.29, 1.82) is 0 Å². The van der Waals surface area contributed by atoms with E-state index in [1.165, 1.54) is 6.33 Å². The van der Waals surface area contributed by atoms with E-state index in [-0.39, 0.29) is 11.8 Å². The number of hydrogen-bond donors (Lipinski definition) is 1. The normalized spacial score (nSPS) is 11.9. The number of benzene rings is 1.